The van der Waals surface area contributed by atoms with Crippen molar-refractivity contribution in [3.63, 3.8) is 0 Å². The van der Waals surface area contributed by atoms with Crippen LogP contribution in [0.15, 0.2) is 59.1 Å². The van der Waals surface area contributed by atoms with E-state index in [1.54, 1.807) is 34.0 Å². The van der Waals surface area contributed by atoms with Gasteiger partial charge in [-0.05, 0) is 24.1 Å². The number of piperazine rings is 1. The van der Waals surface area contributed by atoms with Crippen LogP contribution in [0.25, 0.3) is 10.7 Å². The maximum absolute atomic E-state index is 13.5. The van der Waals surface area contributed by atoms with Gasteiger partial charge in [-0.2, -0.15) is 0 Å². The molecule has 0 spiro atoms. The molecule has 1 amide bonds. The number of aromatic nitrogens is 3. The van der Waals surface area contributed by atoms with E-state index in [4.69, 9.17) is 15.5 Å². The number of fused-ring (bicyclic) bond motifs is 1. The molecule has 1 saturated heterocycles. The third-order valence-corrected chi connectivity index (χ3v) is 7.21. The number of hydrogen-bond donors (Lipinski definition) is 2. The Bertz CT molecular complexity index is 1380. The Morgan fingerprint density at radius 3 is 2.68 bits per heavy atom. The highest BCUT2D eigenvalue weighted by molar-refractivity contribution is 8.11. The Labute approximate surface area is 225 Å². The number of benzene rings is 1. The van der Waals surface area contributed by atoms with Crippen LogP contribution in [0.3, 0.4) is 0 Å². The maximum atomic E-state index is 13.5. The molecule has 1 aliphatic heterocycles. The molecule has 3 N–H and O–H groups in total. The van der Waals surface area contributed by atoms with Gasteiger partial charge in [0.25, 0.3) is 0 Å². The Balaban J connectivity index is 1.64. The summed E-state index contributed by atoms with van der Waals surface area (Å²) in [6.07, 6.45) is 6.89. The quantitative estimate of drug-likeness (QED) is 0.360. The van der Waals surface area contributed by atoms with Crippen molar-refractivity contribution in [2.75, 3.05) is 32.8 Å². The fraction of sp³-hybridized carbons (Fsp3) is 0.370. The molecule has 0 unspecified atom stereocenters. The van der Waals surface area contributed by atoms with Gasteiger partial charge >= 0.3 is 5.56 Å². The number of rotatable bonds is 11. The van der Waals surface area contributed by atoms with E-state index in [2.05, 4.69) is 11.9 Å². The van der Waals surface area contributed by atoms with Crippen LogP contribution in [0, 0.1) is 5.82 Å². The highest BCUT2D eigenvalue weighted by Gasteiger charge is 2.22. The predicted octanol–water partition coefficient (Wildman–Crippen LogP) is 2.99. The lowest BCUT2D eigenvalue weighted by molar-refractivity contribution is -0.132. The number of nitrogens with one attached hydrogen (secondary N) is 1. The van der Waals surface area contributed by atoms with E-state index in [9.17, 15) is 14.0 Å². The number of allylic oxidation sites excluding steroid dienone is 1. The largest absolute Gasteiger partial charge is 0.486 e. The Morgan fingerprint density at radius 2 is 2.00 bits per heavy atom. The molecular formula is C27H33FN6O3S. The number of carbonyl (C=O) groups excluding carboxylic acids is 1. The van der Waals surface area contributed by atoms with Crippen molar-refractivity contribution >= 4 is 28.4 Å². The number of nitrogens with zero attached hydrogens (tertiary/aromatic N) is 4. The smallest absolute Gasteiger partial charge is 0.302 e. The molecule has 3 heterocycles. The summed E-state index contributed by atoms with van der Waals surface area (Å²) in [7, 11) is 0. The minimum Gasteiger partial charge on any atom is -0.486 e. The molecule has 0 radical (unpaired) electrons. The molecule has 1 aromatic carbocycles. The van der Waals surface area contributed by atoms with E-state index in [0.717, 1.165) is 36.4 Å². The van der Waals surface area contributed by atoms with Crippen molar-refractivity contribution in [1.82, 2.24) is 24.2 Å². The van der Waals surface area contributed by atoms with E-state index in [-0.39, 0.29) is 29.6 Å². The van der Waals surface area contributed by atoms with Crippen LogP contribution in [0.1, 0.15) is 31.0 Å². The summed E-state index contributed by atoms with van der Waals surface area (Å²) in [5, 5.41) is 3.24. The zero-order chi connectivity index (χ0) is 27.1. The maximum Gasteiger partial charge on any atom is 0.302 e. The number of nitrogens with two attached hydrogens (primary N) is 1. The van der Waals surface area contributed by atoms with Crippen molar-refractivity contribution in [3.8, 4) is 5.75 Å². The summed E-state index contributed by atoms with van der Waals surface area (Å²) in [6.45, 7) is 9.44. The minimum atomic E-state index is -0.368. The molecule has 3 aromatic rings. The molecule has 0 saturated carbocycles. The number of thioether (sulfide) groups is 1. The van der Waals surface area contributed by atoms with Gasteiger partial charge in [0.15, 0.2) is 0 Å². The Hall–Kier alpha value is -3.57. The van der Waals surface area contributed by atoms with E-state index >= 15 is 0 Å². The summed E-state index contributed by atoms with van der Waals surface area (Å²) in [6, 6.07) is 6.19. The van der Waals surface area contributed by atoms with Crippen molar-refractivity contribution in [1.29, 1.82) is 0 Å². The van der Waals surface area contributed by atoms with Crippen molar-refractivity contribution in [2.45, 2.75) is 32.7 Å². The molecule has 0 bridgehead atoms. The lowest BCUT2D eigenvalue weighted by atomic mass is 10.1. The molecule has 2 aromatic heterocycles. The summed E-state index contributed by atoms with van der Waals surface area (Å²) < 4.78 is 22.3. The Morgan fingerprint density at radius 1 is 1.26 bits per heavy atom. The van der Waals surface area contributed by atoms with Gasteiger partial charge in [0.05, 0.1) is 6.61 Å². The van der Waals surface area contributed by atoms with Crippen LogP contribution < -0.4 is 21.3 Å². The van der Waals surface area contributed by atoms with Crippen LogP contribution in [0.5, 0.6) is 5.75 Å². The molecule has 1 fully saturated rings. The first-order valence-electron chi connectivity index (χ1n) is 12.7. The van der Waals surface area contributed by atoms with E-state index in [1.807, 2.05) is 6.92 Å². The van der Waals surface area contributed by atoms with E-state index < -0.39 is 0 Å². The van der Waals surface area contributed by atoms with Gasteiger partial charge in [-0.3, -0.25) is 9.59 Å². The zero-order valence-electron chi connectivity index (χ0n) is 21.5. The lowest BCUT2D eigenvalue weighted by Gasteiger charge is -2.27. The first kappa shape index (κ1) is 27.5. The van der Waals surface area contributed by atoms with E-state index in [1.165, 1.54) is 34.5 Å². The first-order valence-corrected chi connectivity index (χ1v) is 13.5. The standard InChI is InChI=1S/C27H33FN6O3S/c1-3-4-15-37-25-24(19(2)38-22(17-29)16-20-5-7-21(28)8-6-20)31-27-33(13-14-34(27)26(25)36)18-23(35)32-11-9-30-10-12-32/h5-8,13-14,17,30H,2-4,9-12,15-16,18,29H2,1H3/b22-17-. The van der Waals surface area contributed by atoms with E-state index in [0.29, 0.717) is 42.5 Å². The number of unbranched alkanes of at least 4 members (excludes halogenated alkanes) is 1. The third kappa shape index (κ3) is 6.46. The zero-order valence-corrected chi connectivity index (χ0v) is 22.3. The number of carbonyl (C=O) groups is 1. The normalized spacial score (nSPS) is 14.2. The van der Waals surface area contributed by atoms with Gasteiger partial charge in [-0.15, -0.1) is 0 Å². The number of imidazole rings is 1. The van der Waals surface area contributed by atoms with Gasteiger partial charge in [0.1, 0.15) is 18.1 Å². The second-order valence-electron chi connectivity index (χ2n) is 8.98. The van der Waals surface area contributed by atoms with Crippen molar-refractivity contribution < 1.29 is 13.9 Å². The molecule has 0 atom stereocenters. The van der Waals surface area contributed by atoms with Crippen LogP contribution in [-0.2, 0) is 17.8 Å². The second kappa shape index (κ2) is 12.8. The van der Waals surface area contributed by atoms with Gasteiger partial charge in [0.2, 0.25) is 17.4 Å². The molecule has 1 aliphatic rings. The van der Waals surface area contributed by atoms with Gasteiger partial charge in [-0.25, -0.2) is 13.8 Å². The van der Waals surface area contributed by atoms with Gasteiger partial charge in [0, 0.05) is 61.0 Å². The minimum absolute atomic E-state index is 0.0375. The van der Waals surface area contributed by atoms with Gasteiger partial charge in [-0.1, -0.05) is 43.8 Å². The lowest BCUT2D eigenvalue weighted by Crippen LogP contribution is -2.47. The highest BCUT2D eigenvalue weighted by Crippen LogP contribution is 2.36. The van der Waals surface area contributed by atoms with Crippen LogP contribution in [-0.4, -0.2) is 57.5 Å². The molecule has 38 heavy (non-hydrogen) atoms. The predicted molar refractivity (Wildman–Crippen MR) is 148 cm³/mol. The first-order chi connectivity index (χ1) is 18.4. The fourth-order valence-electron chi connectivity index (χ4n) is 4.12. The van der Waals surface area contributed by atoms with Crippen molar-refractivity contribution in [2.24, 2.45) is 5.73 Å². The molecule has 11 heteroatoms. The summed E-state index contributed by atoms with van der Waals surface area (Å²) in [5.41, 5.74) is 6.72. The molecule has 0 aliphatic carbocycles. The average molecular weight is 541 g/mol. The number of halogens is 1. The molecule has 4 rings (SSSR count). The van der Waals surface area contributed by atoms with Crippen molar-refractivity contribution in [3.05, 3.63) is 81.8 Å². The third-order valence-electron chi connectivity index (χ3n) is 6.22. The Kier molecular flexibility index (Phi) is 9.24. The SMILES string of the molecule is C=C(S/C(=C\N)Cc1ccc(F)cc1)c1nc2n(CC(=O)N3CCNCC3)ccn2c(=O)c1OCCCC. The average Bonchev–Trinajstić information content (AvgIpc) is 3.33. The van der Waals surface area contributed by atoms with Gasteiger partial charge < -0.3 is 25.3 Å². The fourth-order valence-corrected chi connectivity index (χ4v) is 4.98. The summed E-state index contributed by atoms with van der Waals surface area (Å²) in [4.78, 5) is 34.2. The molecule has 202 valence electrons. The highest BCUT2D eigenvalue weighted by atomic mass is 32.2. The monoisotopic (exact) mass is 540 g/mol. The van der Waals surface area contributed by atoms with Crippen LogP contribution in [0.2, 0.25) is 0 Å². The molecule has 9 nitrogen and oxygen atoms in total. The van der Waals surface area contributed by atoms with Crippen LogP contribution in [0.4, 0.5) is 4.39 Å². The molecular weight excluding hydrogens is 507 g/mol. The number of ether oxygens (including phenoxy) is 1. The summed E-state index contributed by atoms with van der Waals surface area (Å²) in [5.74, 6) is 0.0894. The summed E-state index contributed by atoms with van der Waals surface area (Å²) >= 11 is 1.28. The number of amides is 1. The number of hydrogen-bond acceptors (Lipinski definition) is 7. The topological polar surface area (TPSA) is 107 Å². The second-order valence-corrected chi connectivity index (χ2v) is 10.2. The van der Waals surface area contributed by atoms with Crippen LogP contribution >= 0.6 is 11.8 Å².